The lowest BCUT2D eigenvalue weighted by Gasteiger charge is -2.40. The molecule has 96 valence electrons. The van der Waals surface area contributed by atoms with Gasteiger partial charge in [0.2, 0.25) is 0 Å². The van der Waals surface area contributed by atoms with Crippen LogP contribution in [0.4, 0.5) is 0 Å². The molecular weight excluding hydrogens is 304 g/mol. The number of halogens is 1. The van der Waals surface area contributed by atoms with Crippen molar-refractivity contribution in [2.24, 2.45) is 0 Å². The molecule has 0 spiro atoms. The van der Waals surface area contributed by atoms with E-state index < -0.39 is 11.7 Å². The lowest BCUT2D eigenvalue weighted by atomic mass is 9.85. The topological polar surface area (TPSA) is 38.7 Å². The van der Waals surface area contributed by atoms with Crippen LogP contribution in [0.25, 0.3) is 0 Å². The van der Waals surface area contributed by atoms with Gasteiger partial charge in [-0.15, -0.1) is 0 Å². The summed E-state index contributed by atoms with van der Waals surface area (Å²) < 4.78 is 12.2. The molecule has 2 heterocycles. The molecule has 0 radical (unpaired) electrons. The molecule has 1 unspecified atom stereocenters. The molecule has 1 aliphatic heterocycles. The summed E-state index contributed by atoms with van der Waals surface area (Å²) in [6.07, 6.45) is 0.890. The van der Waals surface area contributed by atoms with Gasteiger partial charge in [-0.1, -0.05) is 0 Å². The normalized spacial score (nSPS) is 21.4. The summed E-state index contributed by atoms with van der Waals surface area (Å²) in [5.41, 5.74) is 0.432. The highest BCUT2D eigenvalue weighted by atomic mass is 79.9. The first-order chi connectivity index (χ1) is 8.19. The second-order valence-corrected chi connectivity index (χ2v) is 5.79. The fraction of sp³-hybridized carbons (Fsp3) is 0.667. The van der Waals surface area contributed by atoms with Crippen LogP contribution in [0.2, 0.25) is 0 Å². The van der Waals surface area contributed by atoms with Crippen LogP contribution in [0.1, 0.15) is 31.4 Å². The molecule has 1 atom stereocenters. The molecule has 0 amide bonds. The maximum Gasteiger partial charge on any atom is 0.110 e. The molecule has 1 N–H and O–H groups in total. The third-order valence-electron chi connectivity index (χ3n) is 3.21. The first-order valence-electron chi connectivity index (χ1n) is 5.81. The minimum Gasteiger partial charge on any atom is -0.385 e. The second-order valence-electron chi connectivity index (χ2n) is 4.19. The predicted molar refractivity (Wildman–Crippen MR) is 71.4 cm³/mol. The van der Waals surface area contributed by atoms with Gasteiger partial charge in [-0.3, -0.25) is 0 Å². The third-order valence-corrected chi connectivity index (χ3v) is 4.96. The van der Waals surface area contributed by atoms with Gasteiger partial charge in [0.1, 0.15) is 11.7 Å². The summed E-state index contributed by atoms with van der Waals surface area (Å²) in [6.45, 7) is 3.88. The van der Waals surface area contributed by atoms with Gasteiger partial charge in [0, 0.05) is 48.1 Å². The van der Waals surface area contributed by atoms with Gasteiger partial charge in [-0.2, -0.15) is 11.3 Å². The van der Waals surface area contributed by atoms with Crippen molar-refractivity contribution < 1.29 is 14.6 Å². The summed E-state index contributed by atoms with van der Waals surface area (Å²) in [5.74, 6) is 0. The molecule has 1 aliphatic rings. The Bertz CT molecular complexity index is 355. The summed E-state index contributed by atoms with van der Waals surface area (Å²) in [6, 6.07) is 0. The summed E-state index contributed by atoms with van der Waals surface area (Å²) >= 11 is 5.05. The molecule has 17 heavy (non-hydrogen) atoms. The summed E-state index contributed by atoms with van der Waals surface area (Å²) in [5, 5.41) is 14.6. The Morgan fingerprint density at radius 3 is 2.76 bits per heavy atom. The maximum absolute atomic E-state index is 10.6. The molecule has 0 saturated carbocycles. The Hall–Kier alpha value is 0.0600. The van der Waals surface area contributed by atoms with Crippen molar-refractivity contribution >= 4 is 27.3 Å². The van der Waals surface area contributed by atoms with Crippen molar-refractivity contribution in [3.05, 3.63) is 20.8 Å². The Labute approximate surface area is 114 Å². The highest BCUT2D eigenvalue weighted by molar-refractivity contribution is 9.10. The number of aliphatic hydroxyl groups excluding tert-OH is 1. The van der Waals surface area contributed by atoms with Crippen LogP contribution in [-0.2, 0) is 9.47 Å². The number of thiophene rings is 1. The third kappa shape index (κ3) is 2.74. The number of hydrogen-bond donors (Lipinski definition) is 1. The first kappa shape index (κ1) is 13.5. The van der Waals surface area contributed by atoms with E-state index in [2.05, 4.69) is 15.9 Å². The van der Waals surface area contributed by atoms with Crippen molar-refractivity contribution in [1.82, 2.24) is 0 Å². The van der Waals surface area contributed by atoms with E-state index >= 15 is 0 Å². The molecule has 5 heteroatoms. The Morgan fingerprint density at radius 2 is 2.24 bits per heavy atom. The van der Waals surface area contributed by atoms with E-state index in [9.17, 15) is 5.11 Å². The van der Waals surface area contributed by atoms with Crippen molar-refractivity contribution in [3.63, 3.8) is 0 Å². The monoisotopic (exact) mass is 320 g/mol. The average Bonchev–Trinajstić information content (AvgIpc) is 2.76. The molecule has 3 nitrogen and oxygen atoms in total. The lowest BCUT2D eigenvalue weighted by molar-refractivity contribution is -0.168. The Kier molecular flexibility index (Phi) is 4.60. The van der Waals surface area contributed by atoms with E-state index in [-0.39, 0.29) is 0 Å². The predicted octanol–water partition coefficient (Wildman–Crippen LogP) is 3.13. The van der Waals surface area contributed by atoms with Crippen molar-refractivity contribution in [3.8, 4) is 0 Å². The zero-order chi connectivity index (χ0) is 12.3. The van der Waals surface area contributed by atoms with Crippen molar-refractivity contribution in [1.29, 1.82) is 0 Å². The largest absolute Gasteiger partial charge is 0.385 e. The van der Waals surface area contributed by atoms with E-state index in [0.717, 1.165) is 22.9 Å². The van der Waals surface area contributed by atoms with Gasteiger partial charge in [0.25, 0.3) is 0 Å². The van der Waals surface area contributed by atoms with Crippen LogP contribution in [0.3, 0.4) is 0 Å². The molecule has 0 aliphatic carbocycles. The second kappa shape index (κ2) is 5.80. The number of aliphatic hydroxyl groups is 1. The molecule has 1 saturated heterocycles. The smallest absolute Gasteiger partial charge is 0.110 e. The molecule has 1 aromatic heterocycles. The standard InChI is InChI=1S/C12H17BrO3S/c1-2-16-12(3-5-15-6-4-12)11(14)9-7-17-8-10(9)13/h7-8,11,14H,2-6H2,1H3. The van der Waals surface area contributed by atoms with Crippen LogP contribution in [-0.4, -0.2) is 30.5 Å². The van der Waals surface area contributed by atoms with E-state index in [0.29, 0.717) is 19.8 Å². The van der Waals surface area contributed by atoms with Crippen LogP contribution in [0.15, 0.2) is 15.2 Å². The average molecular weight is 321 g/mol. The van der Waals surface area contributed by atoms with E-state index in [1.54, 1.807) is 11.3 Å². The molecule has 1 aromatic rings. The zero-order valence-electron chi connectivity index (χ0n) is 9.82. The van der Waals surface area contributed by atoms with E-state index in [1.807, 2.05) is 17.7 Å². The highest BCUT2D eigenvalue weighted by Gasteiger charge is 2.42. The molecule has 0 bridgehead atoms. The molecule has 0 aromatic carbocycles. The minimum atomic E-state index is -0.591. The lowest BCUT2D eigenvalue weighted by Crippen LogP contribution is -2.44. The van der Waals surface area contributed by atoms with Crippen LogP contribution in [0.5, 0.6) is 0 Å². The number of hydrogen-bond acceptors (Lipinski definition) is 4. The van der Waals surface area contributed by atoms with Crippen molar-refractivity contribution in [2.45, 2.75) is 31.5 Å². The molecule has 1 fully saturated rings. The van der Waals surface area contributed by atoms with Gasteiger partial charge >= 0.3 is 0 Å². The Morgan fingerprint density at radius 1 is 1.53 bits per heavy atom. The van der Waals surface area contributed by atoms with Crippen molar-refractivity contribution in [2.75, 3.05) is 19.8 Å². The van der Waals surface area contributed by atoms with E-state index in [1.165, 1.54) is 0 Å². The maximum atomic E-state index is 10.6. The quantitative estimate of drug-likeness (QED) is 0.926. The first-order valence-corrected chi connectivity index (χ1v) is 7.54. The van der Waals surface area contributed by atoms with E-state index in [4.69, 9.17) is 9.47 Å². The van der Waals surface area contributed by atoms with Gasteiger partial charge in [0.05, 0.1) is 0 Å². The zero-order valence-corrected chi connectivity index (χ0v) is 12.2. The summed E-state index contributed by atoms with van der Waals surface area (Å²) in [7, 11) is 0. The fourth-order valence-electron chi connectivity index (χ4n) is 2.27. The molecular formula is C12H17BrO3S. The minimum absolute atomic E-state index is 0.489. The van der Waals surface area contributed by atoms with Crippen LogP contribution < -0.4 is 0 Å². The fourth-order valence-corrected chi connectivity index (χ4v) is 3.80. The number of rotatable bonds is 4. The number of ether oxygens (including phenoxy) is 2. The Balaban J connectivity index is 2.23. The van der Waals surface area contributed by atoms with Crippen LogP contribution >= 0.6 is 27.3 Å². The van der Waals surface area contributed by atoms with Gasteiger partial charge in [-0.05, 0) is 28.2 Å². The SMILES string of the molecule is CCOC1(C(O)c2cscc2Br)CCOCC1. The van der Waals surface area contributed by atoms with Crippen LogP contribution in [0, 0.1) is 0 Å². The summed E-state index contributed by atoms with van der Waals surface area (Å²) in [4.78, 5) is 0. The van der Waals surface area contributed by atoms with Gasteiger partial charge < -0.3 is 14.6 Å². The van der Waals surface area contributed by atoms with Gasteiger partial charge in [0.15, 0.2) is 0 Å². The van der Waals surface area contributed by atoms with Gasteiger partial charge in [-0.25, -0.2) is 0 Å². The molecule has 2 rings (SSSR count). The highest BCUT2D eigenvalue weighted by Crippen LogP contribution is 2.41.